The summed E-state index contributed by atoms with van der Waals surface area (Å²) in [6.45, 7) is 2.11. The van der Waals surface area contributed by atoms with E-state index in [1.165, 1.54) is 4.90 Å². The van der Waals surface area contributed by atoms with Crippen LogP contribution in [0.1, 0.15) is 31.7 Å². The number of guanidine groups is 1. The largest absolute Gasteiger partial charge is 0.338 e. The van der Waals surface area contributed by atoms with Crippen LogP contribution in [0.2, 0.25) is 0 Å². The molecule has 100 valence electrons. The van der Waals surface area contributed by atoms with Crippen molar-refractivity contribution >= 4 is 25.2 Å². The molecule has 1 aromatic carbocycles. The van der Waals surface area contributed by atoms with Crippen molar-refractivity contribution in [3.8, 4) is 0 Å². The molecule has 0 bridgehead atoms. The third kappa shape index (κ3) is 2.25. The molecule has 0 aromatic heterocycles. The van der Waals surface area contributed by atoms with Gasteiger partial charge in [-0.15, -0.1) is 0 Å². The van der Waals surface area contributed by atoms with Gasteiger partial charge in [0.2, 0.25) is 0 Å². The van der Waals surface area contributed by atoms with Crippen molar-refractivity contribution in [2.75, 3.05) is 7.05 Å². The first-order valence-electron chi connectivity index (χ1n) is 6.73. The molecular weight excluding hydrogens is 237 g/mol. The molecule has 1 aliphatic heterocycles. The number of hydrogen-bond acceptors (Lipinski definition) is 2. The minimum atomic E-state index is -0.756. The average Bonchev–Trinajstić information content (AvgIpc) is 2.62. The van der Waals surface area contributed by atoms with Gasteiger partial charge in [-0.25, -0.2) is 0 Å². The summed E-state index contributed by atoms with van der Waals surface area (Å²) in [5, 5.41) is 11.0. The Balaban J connectivity index is 2.47. The van der Waals surface area contributed by atoms with Gasteiger partial charge in [0.05, 0.1) is 0 Å². The Hall–Kier alpha value is -1.78. The maximum atomic E-state index is 12.6. The van der Waals surface area contributed by atoms with Gasteiger partial charge in [-0.2, -0.15) is 0 Å². The molecule has 1 fully saturated rings. The fourth-order valence-electron chi connectivity index (χ4n) is 2.59. The van der Waals surface area contributed by atoms with Crippen LogP contribution in [0.25, 0.3) is 0 Å². The molecule has 1 unspecified atom stereocenters. The van der Waals surface area contributed by atoms with Crippen LogP contribution in [0.15, 0.2) is 24.3 Å². The van der Waals surface area contributed by atoms with E-state index < -0.39 is 5.54 Å². The minimum Gasteiger partial charge on any atom is -0.338 e. The predicted molar refractivity (Wildman–Crippen MR) is 79.5 cm³/mol. The number of hydrogen-bond donors (Lipinski definition) is 2. The highest BCUT2D eigenvalue weighted by molar-refractivity contribution is 6.32. The molecule has 0 spiro atoms. The zero-order valence-corrected chi connectivity index (χ0v) is 11.8. The number of benzene rings is 1. The molecule has 0 aliphatic carbocycles. The molecule has 1 heterocycles. The Labute approximate surface area is 115 Å². The van der Waals surface area contributed by atoms with E-state index in [9.17, 15) is 4.79 Å². The lowest BCUT2D eigenvalue weighted by Crippen LogP contribution is -2.44. The van der Waals surface area contributed by atoms with E-state index in [1.54, 1.807) is 7.05 Å². The summed E-state index contributed by atoms with van der Waals surface area (Å²) >= 11 is 0. The van der Waals surface area contributed by atoms with Crippen LogP contribution in [0.5, 0.6) is 0 Å². The third-order valence-electron chi connectivity index (χ3n) is 3.75. The second-order valence-corrected chi connectivity index (χ2v) is 5.22. The lowest BCUT2D eigenvalue weighted by molar-refractivity contribution is -0.130. The number of unbranched alkanes of at least 4 members (excludes halogenated alkanes) is 1. The average molecular weight is 257 g/mol. The monoisotopic (exact) mass is 257 g/mol. The third-order valence-corrected chi connectivity index (χ3v) is 3.75. The molecule has 19 heavy (non-hydrogen) atoms. The summed E-state index contributed by atoms with van der Waals surface area (Å²) < 4.78 is 0. The Morgan fingerprint density at radius 1 is 1.47 bits per heavy atom. The van der Waals surface area contributed by atoms with Gasteiger partial charge in [0, 0.05) is 7.05 Å². The number of rotatable bonds is 4. The molecule has 5 heteroatoms. The Morgan fingerprint density at radius 3 is 2.74 bits per heavy atom. The van der Waals surface area contributed by atoms with Crippen LogP contribution in [-0.2, 0) is 10.3 Å². The van der Waals surface area contributed by atoms with E-state index in [1.807, 2.05) is 32.1 Å². The van der Waals surface area contributed by atoms with Crippen molar-refractivity contribution in [1.29, 1.82) is 5.41 Å². The zero-order chi connectivity index (χ0) is 14.0. The second-order valence-electron chi connectivity index (χ2n) is 5.22. The highest BCUT2D eigenvalue weighted by atomic mass is 16.2. The number of amides is 1. The van der Waals surface area contributed by atoms with Crippen molar-refractivity contribution in [2.24, 2.45) is 0 Å². The fraction of sp³-hybridized carbons (Fsp3) is 0.429. The van der Waals surface area contributed by atoms with E-state index in [-0.39, 0.29) is 11.9 Å². The van der Waals surface area contributed by atoms with Gasteiger partial charge in [0.15, 0.2) is 5.96 Å². The summed E-state index contributed by atoms with van der Waals surface area (Å²) in [7, 11) is 3.67. The Kier molecular flexibility index (Phi) is 3.65. The molecule has 1 atom stereocenters. The molecule has 4 nitrogen and oxygen atoms in total. The first kappa shape index (κ1) is 13.7. The highest BCUT2D eigenvalue weighted by Gasteiger charge is 2.48. The highest BCUT2D eigenvalue weighted by Crippen LogP contribution is 2.32. The normalized spacial score (nSPS) is 22.7. The van der Waals surface area contributed by atoms with Crippen LogP contribution >= 0.6 is 0 Å². The summed E-state index contributed by atoms with van der Waals surface area (Å²) in [4.78, 5) is 14.0. The summed E-state index contributed by atoms with van der Waals surface area (Å²) in [6.07, 6.45) is 2.70. The zero-order valence-electron chi connectivity index (χ0n) is 11.8. The number of nitrogens with zero attached hydrogens (tertiary/aromatic N) is 1. The molecule has 1 amide bonds. The van der Waals surface area contributed by atoms with E-state index in [0.717, 1.165) is 30.3 Å². The molecule has 0 radical (unpaired) electrons. The minimum absolute atomic E-state index is 0.0310. The van der Waals surface area contributed by atoms with Gasteiger partial charge < -0.3 is 5.32 Å². The molecule has 1 saturated heterocycles. The summed E-state index contributed by atoms with van der Waals surface area (Å²) in [5.41, 5.74) is 1.33. The quantitative estimate of drug-likeness (QED) is 0.763. The van der Waals surface area contributed by atoms with Gasteiger partial charge in [-0.3, -0.25) is 15.1 Å². The van der Waals surface area contributed by atoms with Gasteiger partial charge >= 0.3 is 0 Å². The fourth-order valence-corrected chi connectivity index (χ4v) is 2.59. The topological polar surface area (TPSA) is 56.2 Å². The smallest absolute Gasteiger partial charge is 0.259 e. The van der Waals surface area contributed by atoms with Crippen LogP contribution in [0.4, 0.5) is 0 Å². The van der Waals surface area contributed by atoms with Crippen molar-refractivity contribution in [2.45, 2.75) is 31.7 Å². The SMILES string of the molecule is Bc1cccc(C2(CCCC)NC(=N)N(C)C2=O)c1. The lowest BCUT2D eigenvalue weighted by Gasteiger charge is -2.27. The predicted octanol–water partition coefficient (Wildman–Crippen LogP) is 0.327. The van der Waals surface area contributed by atoms with Crippen molar-refractivity contribution < 1.29 is 4.79 Å². The molecule has 0 saturated carbocycles. The second kappa shape index (κ2) is 5.07. The van der Waals surface area contributed by atoms with E-state index in [2.05, 4.69) is 12.2 Å². The molecule has 2 N–H and O–H groups in total. The summed E-state index contributed by atoms with van der Waals surface area (Å²) in [5.74, 6) is 0.152. The molecule has 2 rings (SSSR count). The first-order chi connectivity index (χ1) is 9.01. The number of carbonyl (C=O) groups excluding carboxylic acids is 1. The van der Waals surface area contributed by atoms with E-state index in [4.69, 9.17) is 5.41 Å². The van der Waals surface area contributed by atoms with Gasteiger partial charge in [0.1, 0.15) is 13.4 Å². The van der Waals surface area contributed by atoms with Crippen LogP contribution in [0, 0.1) is 5.41 Å². The van der Waals surface area contributed by atoms with Gasteiger partial charge in [-0.1, -0.05) is 49.5 Å². The van der Waals surface area contributed by atoms with Crippen LogP contribution in [0.3, 0.4) is 0 Å². The van der Waals surface area contributed by atoms with Gasteiger partial charge in [0.25, 0.3) is 5.91 Å². The lowest BCUT2D eigenvalue weighted by atomic mass is 9.82. The number of nitrogens with one attached hydrogen (secondary N) is 2. The Bertz CT molecular complexity index is 517. The number of likely N-dealkylation sites (N-methyl/N-ethyl adjacent to an activating group) is 1. The number of carbonyl (C=O) groups is 1. The van der Waals surface area contributed by atoms with Crippen molar-refractivity contribution in [1.82, 2.24) is 10.2 Å². The molecule has 1 aliphatic rings. The molecular formula is C14H20BN3O. The van der Waals surface area contributed by atoms with E-state index >= 15 is 0 Å². The summed E-state index contributed by atoms with van der Waals surface area (Å²) in [6, 6.07) is 7.99. The molecule has 1 aromatic rings. The maximum absolute atomic E-state index is 12.6. The maximum Gasteiger partial charge on any atom is 0.259 e. The van der Waals surface area contributed by atoms with E-state index in [0.29, 0.717) is 0 Å². The van der Waals surface area contributed by atoms with Crippen molar-refractivity contribution in [3.63, 3.8) is 0 Å². The first-order valence-corrected chi connectivity index (χ1v) is 6.73. The van der Waals surface area contributed by atoms with Crippen LogP contribution in [-0.4, -0.2) is 31.7 Å². The standard InChI is InChI=1S/C14H20BN3O/c1-3-4-8-14(10-6-5-7-11(15)9-10)12(19)18(2)13(16)17-14/h5-7,9H,3-4,8,15H2,1-2H3,(H2,16,17). The Morgan fingerprint density at radius 2 is 2.21 bits per heavy atom. The van der Waals surface area contributed by atoms with Gasteiger partial charge in [-0.05, 0) is 12.0 Å². The van der Waals surface area contributed by atoms with Crippen molar-refractivity contribution in [3.05, 3.63) is 29.8 Å². The van der Waals surface area contributed by atoms with Crippen LogP contribution < -0.4 is 10.8 Å².